The quantitative estimate of drug-likeness (QED) is 0.715. The molecule has 108 valence electrons. The second kappa shape index (κ2) is 5.83. The van der Waals surface area contributed by atoms with Gasteiger partial charge in [0, 0.05) is 40.5 Å². The van der Waals surface area contributed by atoms with Gasteiger partial charge >= 0.3 is 0 Å². The van der Waals surface area contributed by atoms with Crippen molar-refractivity contribution in [2.24, 2.45) is 0 Å². The number of hydrogen-bond donors (Lipinski definition) is 1. The molecule has 0 saturated heterocycles. The lowest BCUT2D eigenvalue weighted by atomic mass is 10.2. The summed E-state index contributed by atoms with van der Waals surface area (Å²) in [4.78, 5) is 9.05. The van der Waals surface area contributed by atoms with Crippen LogP contribution in [0.5, 0.6) is 0 Å². The molecule has 0 saturated carbocycles. The highest BCUT2D eigenvalue weighted by Gasteiger charge is 2.15. The Kier molecular flexibility index (Phi) is 3.90. The van der Waals surface area contributed by atoms with E-state index in [-0.39, 0.29) is 0 Å². The summed E-state index contributed by atoms with van der Waals surface area (Å²) in [5.74, 6) is 0. The highest BCUT2D eigenvalue weighted by Crippen LogP contribution is 2.31. The Morgan fingerprint density at radius 3 is 2.95 bits per heavy atom. The van der Waals surface area contributed by atoms with E-state index < -0.39 is 0 Å². The Bertz CT molecular complexity index is 753. The third-order valence-electron chi connectivity index (χ3n) is 3.22. The molecule has 0 unspecified atom stereocenters. The van der Waals surface area contributed by atoms with Crippen LogP contribution < -0.4 is 5.32 Å². The standard InChI is InChI=1S/C15H16N4S2/c1-4-5-16-14-18-13(9-21-14)12-8-10(2)19(11(12)3)15-17-6-7-20-15/h4,6-9H,1,5H2,2-3H3,(H,16,18). The first-order valence-corrected chi connectivity index (χ1v) is 8.36. The van der Waals surface area contributed by atoms with Crippen molar-refractivity contribution in [3.8, 4) is 16.4 Å². The van der Waals surface area contributed by atoms with Crippen LogP contribution in [0.3, 0.4) is 0 Å². The molecule has 0 fully saturated rings. The summed E-state index contributed by atoms with van der Waals surface area (Å²) < 4.78 is 2.18. The lowest BCUT2D eigenvalue weighted by Crippen LogP contribution is -1.98. The Morgan fingerprint density at radius 1 is 1.38 bits per heavy atom. The van der Waals surface area contributed by atoms with E-state index in [0.717, 1.165) is 28.1 Å². The third kappa shape index (κ3) is 2.64. The molecule has 1 N–H and O–H groups in total. The van der Waals surface area contributed by atoms with Crippen LogP contribution in [0.2, 0.25) is 0 Å². The smallest absolute Gasteiger partial charge is 0.193 e. The molecule has 3 heterocycles. The Hall–Kier alpha value is -1.92. The van der Waals surface area contributed by atoms with Crippen LogP contribution in [0.4, 0.5) is 5.13 Å². The number of rotatable bonds is 5. The molecule has 0 radical (unpaired) electrons. The van der Waals surface area contributed by atoms with E-state index in [1.54, 1.807) is 22.7 Å². The largest absolute Gasteiger partial charge is 0.358 e. The van der Waals surface area contributed by atoms with Crippen LogP contribution in [-0.2, 0) is 0 Å². The summed E-state index contributed by atoms with van der Waals surface area (Å²) in [6, 6.07) is 2.17. The Morgan fingerprint density at radius 2 is 2.24 bits per heavy atom. The second-order valence-corrected chi connectivity index (χ2v) is 6.37. The van der Waals surface area contributed by atoms with Crippen molar-refractivity contribution >= 4 is 27.8 Å². The van der Waals surface area contributed by atoms with Gasteiger partial charge in [0.1, 0.15) is 0 Å². The molecule has 0 aliphatic rings. The molecule has 0 atom stereocenters. The molecular weight excluding hydrogens is 300 g/mol. The summed E-state index contributed by atoms with van der Waals surface area (Å²) >= 11 is 3.25. The lowest BCUT2D eigenvalue weighted by molar-refractivity contribution is 0.951. The summed E-state index contributed by atoms with van der Waals surface area (Å²) in [6.07, 6.45) is 3.66. The highest BCUT2D eigenvalue weighted by molar-refractivity contribution is 7.14. The maximum atomic E-state index is 4.64. The Labute approximate surface area is 131 Å². The van der Waals surface area contributed by atoms with Crippen molar-refractivity contribution < 1.29 is 0 Å². The zero-order chi connectivity index (χ0) is 14.8. The molecule has 3 aromatic rings. The van der Waals surface area contributed by atoms with E-state index in [1.807, 2.05) is 17.7 Å². The first kappa shape index (κ1) is 14.0. The molecular formula is C15H16N4S2. The number of aryl methyl sites for hydroxylation is 1. The van der Waals surface area contributed by atoms with Gasteiger partial charge < -0.3 is 5.32 Å². The molecule has 6 heteroatoms. The normalized spacial score (nSPS) is 10.8. The summed E-state index contributed by atoms with van der Waals surface area (Å²) in [5, 5.41) is 9.22. The van der Waals surface area contributed by atoms with Gasteiger partial charge in [0.25, 0.3) is 0 Å². The molecule has 21 heavy (non-hydrogen) atoms. The predicted molar refractivity (Wildman–Crippen MR) is 90.7 cm³/mol. The van der Waals surface area contributed by atoms with E-state index in [9.17, 15) is 0 Å². The van der Waals surface area contributed by atoms with Gasteiger partial charge in [-0.15, -0.1) is 29.3 Å². The van der Waals surface area contributed by atoms with Crippen molar-refractivity contribution in [3.05, 3.63) is 47.1 Å². The minimum Gasteiger partial charge on any atom is -0.358 e. The molecule has 3 aromatic heterocycles. The lowest BCUT2D eigenvalue weighted by Gasteiger charge is -2.04. The molecule has 0 amide bonds. The Balaban J connectivity index is 1.98. The molecule has 3 rings (SSSR count). The first-order chi connectivity index (χ1) is 10.2. The van der Waals surface area contributed by atoms with Crippen molar-refractivity contribution in [1.82, 2.24) is 14.5 Å². The van der Waals surface area contributed by atoms with Crippen molar-refractivity contribution in [2.75, 3.05) is 11.9 Å². The topological polar surface area (TPSA) is 42.7 Å². The number of anilines is 1. The number of aromatic nitrogens is 3. The van der Waals surface area contributed by atoms with E-state index in [1.165, 1.54) is 11.4 Å². The fraction of sp³-hybridized carbons (Fsp3) is 0.200. The number of nitrogens with one attached hydrogen (secondary N) is 1. The maximum absolute atomic E-state index is 4.64. The van der Waals surface area contributed by atoms with Crippen LogP contribution in [0, 0.1) is 13.8 Å². The van der Waals surface area contributed by atoms with Crippen molar-refractivity contribution in [3.63, 3.8) is 0 Å². The van der Waals surface area contributed by atoms with Crippen molar-refractivity contribution in [2.45, 2.75) is 13.8 Å². The minimum absolute atomic E-state index is 0.727. The molecule has 0 aliphatic heterocycles. The van der Waals surface area contributed by atoms with Crippen molar-refractivity contribution in [1.29, 1.82) is 0 Å². The van der Waals surface area contributed by atoms with Gasteiger partial charge in [-0.1, -0.05) is 6.08 Å². The third-order valence-corrected chi connectivity index (χ3v) is 4.78. The maximum Gasteiger partial charge on any atom is 0.193 e. The van der Waals surface area contributed by atoms with Gasteiger partial charge in [0.2, 0.25) is 0 Å². The zero-order valence-electron chi connectivity index (χ0n) is 12.0. The van der Waals surface area contributed by atoms with Crippen LogP contribution in [0.1, 0.15) is 11.4 Å². The molecule has 0 aromatic carbocycles. The number of thiazole rings is 2. The fourth-order valence-electron chi connectivity index (χ4n) is 2.28. The minimum atomic E-state index is 0.727. The zero-order valence-corrected chi connectivity index (χ0v) is 13.6. The van der Waals surface area contributed by atoms with Gasteiger partial charge in [-0.2, -0.15) is 0 Å². The van der Waals surface area contributed by atoms with E-state index >= 15 is 0 Å². The molecule has 4 nitrogen and oxygen atoms in total. The predicted octanol–water partition coefficient (Wildman–Crippen LogP) is 4.27. The summed E-state index contributed by atoms with van der Waals surface area (Å²) in [7, 11) is 0. The van der Waals surface area contributed by atoms with Gasteiger partial charge in [0.15, 0.2) is 10.3 Å². The van der Waals surface area contributed by atoms with Gasteiger partial charge in [-0.05, 0) is 19.9 Å². The molecule has 0 aliphatic carbocycles. The monoisotopic (exact) mass is 316 g/mol. The van der Waals surface area contributed by atoms with Gasteiger partial charge in [0.05, 0.1) is 5.69 Å². The highest BCUT2D eigenvalue weighted by atomic mass is 32.1. The number of hydrogen-bond acceptors (Lipinski definition) is 5. The van der Waals surface area contributed by atoms with Crippen LogP contribution in [-0.4, -0.2) is 21.1 Å². The van der Waals surface area contributed by atoms with E-state index in [2.05, 4.69) is 51.7 Å². The van der Waals surface area contributed by atoms with Crippen LogP contribution in [0.25, 0.3) is 16.4 Å². The molecule has 0 bridgehead atoms. The summed E-state index contributed by atoms with van der Waals surface area (Å²) in [5.41, 5.74) is 4.50. The van der Waals surface area contributed by atoms with Crippen LogP contribution in [0.15, 0.2) is 35.7 Å². The van der Waals surface area contributed by atoms with Crippen LogP contribution >= 0.6 is 22.7 Å². The average Bonchev–Trinajstić information content (AvgIpc) is 3.17. The average molecular weight is 316 g/mol. The molecule has 0 spiro atoms. The summed E-state index contributed by atoms with van der Waals surface area (Å²) in [6.45, 7) is 8.64. The van der Waals surface area contributed by atoms with Gasteiger partial charge in [-0.3, -0.25) is 4.57 Å². The number of nitrogens with zero attached hydrogens (tertiary/aromatic N) is 3. The fourth-order valence-corrected chi connectivity index (χ4v) is 3.75. The first-order valence-electron chi connectivity index (χ1n) is 6.60. The SMILES string of the molecule is C=CCNc1nc(-c2cc(C)n(-c3nccs3)c2C)cs1. The van der Waals surface area contributed by atoms with E-state index in [4.69, 9.17) is 0 Å². The second-order valence-electron chi connectivity index (χ2n) is 4.64. The van der Waals surface area contributed by atoms with Gasteiger partial charge in [-0.25, -0.2) is 9.97 Å². The van der Waals surface area contributed by atoms with E-state index in [0.29, 0.717) is 0 Å².